The van der Waals surface area contributed by atoms with Crippen molar-refractivity contribution in [3.8, 4) is 0 Å². The average Bonchev–Trinajstić information content (AvgIpc) is 2.60. The molecule has 23 heavy (non-hydrogen) atoms. The molecule has 0 saturated carbocycles. The normalized spacial score (nSPS) is 11.2. The molecule has 0 aliphatic heterocycles. The van der Waals surface area contributed by atoms with Crippen molar-refractivity contribution in [1.29, 1.82) is 0 Å². The quantitative estimate of drug-likeness (QED) is 0.488. The summed E-state index contributed by atoms with van der Waals surface area (Å²) >= 11 is 0. The van der Waals surface area contributed by atoms with Crippen molar-refractivity contribution in [2.45, 2.75) is 58.8 Å². The summed E-state index contributed by atoms with van der Waals surface area (Å²) in [5, 5.41) is 0. The Bertz CT molecular complexity index is 572. The third kappa shape index (κ3) is 6.44. The van der Waals surface area contributed by atoms with Crippen molar-refractivity contribution < 1.29 is 0 Å². The largest absolute Gasteiger partial charge is 0.0840 e. The van der Waals surface area contributed by atoms with Gasteiger partial charge in [0.25, 0.3) is 0 Å². The summed E-state index contributed by atoms with van der Waals surface area (Å²) in [5.74, 6) is 0. The Morgan fingerprint density at radius 2 is 1.17 bits per heavy atom. The molecule has 0 spiro atoms. The van der Waals surface area contributed by atoms with Gasteiger partial charge in [0, 0.05) is 0 Å². The maximum absolute atomic E-state index is 2.30. The molecule has 2 rings (SSSR count). The van der Waals surface area contributed by atoms with E-state index in [1.807, 2.05) is 0 Å². The first-order valence-corrected chi connectivity index (χ1v) is 9.15. The van der Waals surface area contributed by atoms with E-state index in [-0.39, 0.29) is 0 Å². The van der Waals surface area contributed by atoms with E-state index >= 15 is 0 Å². The minimum atomic E-state index is 1.12. The third-order valence-corrected chi connectivity index (χ3v) is 4.29. The lowest BCUT2D eigenvalue weighted by Crippen LogP contribution is -1.92. The second-order valence-electron chi connectivity index (χ2n) is 6.35. The topological polar surface area (TPSA) is 0 Å². The molecular weight excluding hydrogens is 276 g/mol. The van der Waals surface area contributed by atoms with Gasteiger partial charge in [0.05, 0.1) is 0 Å². The Morgan fingerprint density at radius 1 is 0.652 bits per heavy atom. The van der Waals surface area contributed by atoms with Gasteiger partial charge in [-0.2, -0.15) is 0 Å². The monoisotopic (exact) mass is 306 g/mol. The van der Waals surface area contributed by atoms with E-state index < -0.39 is 0 Å². The van der Waals surface area contributed by atoms with Gasteiger partial charge in [0.15, 0.2) is 0 Å². The van der Waals surface area contributed by atoms with Crippen LogP contribution in [0.2, 0.25) is 0 Å². The molecule has 2 aromatic rings. The Labute approximate surface area is 142 Å². The number of hydrogen-bond acceptors (Lipinski definition) is 0. The molecule has 0 bridgehead atoms. The van der Waals surface area contributed by atoms with Crippen LogP contribution in [0, 0.1) is 0 Å². The van der Waals surface area contributed by atoms with Crippen LogP contribution in [0.5, 0.6) is 0 Å². The van der Waals surface area contributed by atoms with Gasteiger partial charge in [-0.15, -0.1) is 0 Å². The van der Waals surface area contributed by atoms with E-state index in [0.717, 1.165) is 19.3 Å². The molecule has 0 fully saturated rings. The fourth-order valence-electron chi connectivity index (χ4n) is 2.72. The van der Waals surface area contributed by atoms with Gasteiger partial charge >= 0.3 is 0 Å². The number of rotatable bonds is 9. The van der Waals surface area contributed by atoms with E-state index in [0.29, 0.717) is 0 Å². The number of allylic oxidation sites excluding steroid dienone is 1. The van der Waals surface area contributed by atoms with Crippen LogP contribution in [0.3, 0.4) is 0 Å². The van der Waals surface area contributed by atoms with Gasteiger partial charge in [0.2, 0.25) is 0 Å². The van der Waals surface area contributed by atoms with Crippen LogP contribution in [0.4, 0.5) is 0 Å². The van der Waals surface area contributed by atoms with Gasteiger partial charge in [-0.1, -0.05) is 87.4 Å². The number of benzene rings is 2. The molecular formula is C23H30. The molecule has 122 valence electrons. The van der Waals surface area contributed by atoms with Crippen LogP contribution >= 0.6 is 0 Å². The summed E-state index contributed by atoms with van der Waals surface area (Å²) in [6.45, 7) is 4.46. The second-order valence-corrected chi connectivity index (χ2v) is 6.35. The Balaban J connectivity index is 1.83. The highest BCUT2D eigenvalue weighted by molar-refractivity contribution is 5.49. The molecule has 0 radical (unpaired) electrons. The predicted molar refractivity (Wildman–Crippen MR) is 103 cm³/mol. The zero-order valence-electron chi connectivity index (χ0n) is 14.7. The van der Waals surface area contributed by atoms with E-state index in [1.54, 1.807) is 0 Å². The lowest BCUT2D eigenvalue weighted by Gasteiger charge is -2.05. The minimum absolute atomic E-state index is 1.12. The van der Waals surface area contributed by atoms with Crippen molar-refractivity contribution in [1.82, 2.24) is 0 Å². The molecule has 0 aromatic heterocycles. The van der Waals surface area contributed by atoms with Crippen molar-refractivity contribution in [2.75, 3.05) is 0 Å². The summed E-state index contributed by atoms with van der Waals surface area (Å²) in [7, 11) is 0. The predicted octanol–water partition coefficient (Wildman–Crippen LogP) is 6.63. The first-order valence-electron chi connectivity index (χ1n) is 9.15. The Hall–Kier alpha value is -1.82. The summed E-state index contributed by atoms with van der Waals surface area (Å²) in [4.78, 5) is 0. The van der Waals surface area contributed by atoms with Crippen LogP contribution in [0.15, 0.2) is 54.6 Å². The highest BCUT2D eigenvalue weighted by Gasteiger charge is 1.98. The number of aryl methyl sites for hydroxylation is 3. The summed E-state index contributed by atoms with van der Waals surface area (Å²) in [5.41, 5.74) is 5.64. The van der Waals surface area contributed by atoms with Gasteiger partial charge in [-0.25, -0.2) is 0 Å². The fourth-order valence-corrected chi connectivity index (χ4v) is 2.72. The van der Waals surface area contributed by atoms with Crippen LogP contribution in [-0.4, -0.2) is 0 Å². The van der Waals surface area contributed by atoms with Crippen molar-refractivity contribution in [3.05, 3.63) is 76.9 Å². The molecule has 0 saturated heterocycles. The van der Waals surface area contributed by atoms with Crippen molar-refractivity contribution in [3.63, 3.8) is 0 Å². The lowest BCUT2D eigenvalue weighted by atomic mass is 10.0. The maximum Gasteiger partial charge on any atom is -0.0238 e. The van der Waals surface area contributed by atoms with Crippen molar-refractivity contribution >= 4 is 6.08 Å². The van der Waals surface area contributed by atoms with Crippen LogP contribution in [0.25, 0.3) is 6.08 Å². The highest BCUT2D eigenvalue weighted by atomic mass is 14.0. The first-order chi connectivity index (χ1) is 11.3. The molecule has 0 aliphatic rings. The van der Waals surface area contributed by atoms with Crippen LogP contribution in [0.1, 0.15) is 61.8 Å². The first kappa shape index (κ1) is 17.5. The zero-order chi connectivity index (χ0) is 16.3. The molecule has 0 atom stereocenters. The molecule has 0 heteroatoms. The van der Waals surface area contributed by atoms with E-state index in [1.165, 1.54) is 47.9 Å². The fraction of sp³-hybridized carbons (Fsp3) is 0.391. The van der Waals surface area contributed by atoms with Crippen LogP contribution < -0.4 is 0 Å². The molecule has 2 aromatic carbocycles. The van der Waals surface area contributed by atoms with Gasteiger partial charge < -0.3 is 0 Å². The minimum Gasteiger partial charge on any atom is -0.0840 e. The molecule has 0 N–H and O–H groups in total. The van der Waals surface area contributed by atoms with Crippen LogP contribution in [-0.2, 0) is 19.3 Å². The van der Waals surface area contributed by atoms with Gasteiger partial charge in [0.1, 0.15) is 0 Å². The molecule has 0 nitrogen and oxygen atoms in total. The summed E-state index contributed by atoms with van der Waals surface area (Å²) < 4.78 is 0. The average molecular weight is 306 g/mol. The maximum atomic E-state index is 2.30. The number of hydrogen-bond donors (Lipinski definition) is 0. The molecule has 0 aliphatic carbocycles. The summed E-state index contributed by atoms with van der Waals surface area (Å²) in [6, 6.07) is 18.2. The van der Waals surface area contributed by atoms with E-state index in [4.69, 9.17) is 0 Å². The third-order valence-electron chi connectivity index (χ3n) is 4.29. The van der Waals surface area contributed by atoms with E-state index in [9.17, 15) is 0 Å². The highest BCUT2D eigenvalue weighted by Crippen LogP contribution is 2.12. The molecule has 0 amide bonds. The molecule has 0 heterocycles. The number of unbranched alkanes of at least 4 members (excludes halogenated alkanes) is 2. The van der Waals surface area contributed by atoms with E-state index in [2.05, 4.69) is 74.5 Å². The SMILES string of the molecule is CCCC=Cc1ccc(CCc2ccc(CCCC)cc2)cc1. The lowest BCUT2D eigenvalue weighted by molar-refractivity contribution is 0.794. The summed E-state index contributed by atoms with van der Waals surface area (Å²) in [6.07, 6.45) is 12.9. The van der Waals surface area contributed by atoms with Gasteiger partial charge in [-0.05, 0) is 54.4 Å². The zero-order valence-corrected chi connectivity index (χ0v) is 14.7. The van der Waals surface area contributed by atoms with Crippen molar-refractivity contribution in [2.24, 2.45) is 0 Å². The Morgan fingerprint density at radius 3 is 1.70 bits per heavy atom. The molecule has 0 unspecified atom stereocenters. The standard InChI is InChI=1S/C23H30/c1-3-5-7-9-21-12-16-23(17-13-21)19-18-22-14-10-20(11-15-22)8-6-4-2/h7,9-17H,3-6,8,18-19H2,1-2H3. The Kier molecular flexibility index (Phi) is 7.66. The van der Waals surface area contributed by atoms with Gasteiger partial charge in [-0.3, -0.25) is 0 Å². The second kappa shape index (κ2) is 10.0. The smallest absolute Gasteiger partial charge is 0.0238 e.